The molecule has 1 heterocycles. The predicted octanol–water partition coefficient (Wildman–Crippen LogP) is 2.50. The van der Waals surface area contributed by atoms with E-state index < -0.39 is 9.84 Å². The van der Waals surface area contributed by atoms with Gasteiger partial charge in [-0.3, -0.25) is 9.59 Å². The van der Waals surface area contributed by atoms with Gasteiger partial charge in [0.05, 0.1) is 11.5 Å². The summed E-state index contributed by atoms with van der Waals surface area (Å²) in [6.45, 7) is 2.84. The molecule has 7 nitrogen and oxygen atoms in total. The Balaban J connectivity index is 1.32. The molecule has 1 saturated carbocycles. The maximum atomic E-state index is 12.4. The van der Waals surface area contributed by atoms with Gasteiger partial charge < -0.3 is 14.5 Å². The number of sulfone groups is 1. The fourth-order valence-electron chi connectivity index (χ4n) is 4.15. The van der Waals surface area contributed by atoms with Gasteiger partial charge in [0.1, 0.15) is 5.75 Å². The topological polar surface area (TPSA) is 84.0 Å². The van der Waals surface area contributed by atoms with Crippen molar-refractivity contribution in [1.29, 1.82) is 0 Å². The van der Waals surface area contributed by atoms with Crippen LogP contribution in [-0.2, 0) is 19.4 Å². The lowest BCUT2D eigenvalue weighted by molar-refractivity contribution is -0.140. The van der Waals surface area contributed by atoms with Gasteiger partial charge in [-0.1, -0.05) is 12.8 Å². The third kappa shape index (κ3) is 6.45. The van der Waals surface area contributed by atoms with Gasteiger partial charge in [-0.15, -0.1) is 0 Å². The second-order valence-corrected chi connectivity index (χ2v) is 10.3. The minimum Gasteiger partial charge on any atom is -0.494 e. The molecule has 1 saturated heterocycles. The van der Waals surface area contributed by atoms with Crippen molar-refractivity contribution in [2.24, 2.45) is 5.92 Å². The summed E-state index contributed by atoms with van der Waals surface area (Å²) >= 11 is 0. The first-order valence-electron chi connectivity index (χ1n) is 10.8. The minimum atomic E-state index is -3.21. The van der Waals surface area contributed by atoms with Gasteiger partial charge in [0.2, 0.25) is 11.8 Å². The smallest absolute Gasteiger partial charge is 0.222 e. The molecular formula is C22H32N2O5S. The first-order chi connectivity index (χ1) is 14.3. The number of rotatable bonds is 8. The van der Waals surface area contributed by atoms with Crippen molar-refractivity contribution < 1.29 is 22.7 Å². The molecule has 0 aromatic heterocycles. The monoisotopic (exact) mass is 436 g/mol. The number of piperazine rings is 1. The molecule has 0 atom stereocenters. The largest absolute Gasteiger partial charge is 0.494 e. The third-order valence-electron chi connectivity index (χ3n) is 5.98. The van der Waals surface area contributed by atoms with Crippen molar-refractivity contribution in [3.8, 4) is 5.75 Å². The van der Waals surface area contributed by atoms with Crippen LogP contribution in [0.5, 0.6) is 5.75 Å². The van der Waals surface area contributed by atoms with Crippen LogP contribution in [0, 0.1) is 5.92 Å². The molecule has 0 radical (unpaired) electrons. The van der Waals surface area contributed by atoms with Crippen LogP contribution in [-0.4, -0.2) is 69.1 Å². The SMILES string of the molecule is CS(=O)(=O)c1ccc(OCCCC(=O)N2CCN(C(=O)CC3CCCC3)CC2)cc1. The number of carbonyl (C=O) groups excluding carboxylic acids is 2. The van der Waals surface area contributed by atoms with Crippen LogP contribution < -0.4 is 4.74 Å². The first kappa shape index (κ1) is 22.6. The molecule has 0 unspecified atom stereocenters. The van der Waals surface area contributed by atoms with Crippen molar-refractivity contribution in [3.05, 3.63) is 24.3 Å². The quantitative estimate of drug-likeness (QED) is 0.585. The van der Waals surface area contributed by atoms with E-state index in [4.69, 9.17) is 4.74 Å². The fraction of sp³-hybridized carbons (Fsp3) is 0.636. The summed E-state index contributed by atoms with van der Waals surface area (Å²) in [4.78, 5) is 28.8. The van der Waals surface area contributed by atoms with Crippen molar-refractivity contribution >= 4 is 21.7 Å². The number of carbonyl (C=O) groups is 2. The van der Waals surface area contributed by atoms with Gasteiger partial charge in [-0.2, -0.15) is 0 Å². The summed E-state index contributed by atoms with van der Waals surface area (Å²) in [6, 6.07) is 6.28. The van der Waals surface area contributed by atoms with E-state index in [1.807, 2.05) is 9.80 Å². The molecule has 0 N–H and O–H groups in total. The molecule has 0 bridgehead atoms. The van der Waals surface area contributed by atoms with Gasteiger partial charge in [0, 0.05) is 45.3 Å². The first-order valence-corrected chi connectivity index (χ1v) is 12.7. The minimum absolute atomic E-state index is 0.0916. The zero-order valence-electron chi connectivity index (χ0n) is 17.7. The Morgan fingerprint density at radius 3 is 2.10 bits per heavy atom. The summed E-state index contributed by atoms with van der Waals surface area (Å²) in [5, 5.41) is 0. The molecular weight excluding hydrogens is 404 g/mol. The van der Waals surface area contributed by atoms with Gasteiger partial charge in [0.15, 0.2) is 9.84 Å². The number of benzene rings is 1. The molecule has 2 amide bonds. The Hall–Kier alpha value is -2.09. The molecule has 1 aromatic rings. The Labute approximate surface area is 179 Å². The van der Waals surface area contributed by atoms with E-state index in [1.165, 1.54) is 44.1 Å². The Morgan fingerprint density at radius 2 is 1.53 bits per heavy atom. The average molecular weight is 437 g/mol. The van der Waals surface area contributed by atoms with E-state index in [1.54, 1.807) is 12.1 Å². The van der Waals surface area contributed by atoms with E-state index in [0.717, 1.165) is 0 Å². The fourth-order valence-corrected chi connectivity index (χ4v) is 4.78. The highest BCUT2D eigenvalue weighted by atomic mass is 32.2. The molecule has 1 aliphatic carbocycles. The van der Waals surface area contributed by atoms with Crippen LogP contribution in [0.15, 0.2) is 29.2 Å². The second-order valence-electron chi connectivity index (χ2n) is 8.31. The summed E-state index contributed by atoms with van der Waals surface area (Å²) < 4.78 is 28.5. The lowest BCUT2D eigenvalue weighted by atomic mass is 10.0. The van der Waals surface area contributed by atoms with Crippen LogP contribution in [0.4, 0.5) is 0 Å². The van der Waals surface area contributed by atoms with Gasteiger partial charge in [-0.05, 0) is 49.4 Å². The zero-order valence-corrected chi connectivity index (χ0v) is 18.5. The van der Waals surface area contributed by atoms with Crippen LogP contribution in [0.2, 0.25) is 0 Å². The molecule has 2 aliphatic rings. The molecule has 1 aromatic carbocycles. The lowest BCUT2D eigenvalue weighted by Crippen LogP contribution is -2.50. The van der Waals surface area contributed by atoms with E-state index in [0.29, 0.717) is 63.7 Å². The lowest BCUT2D eigenvalue weighted by Gasteiger charge is -2.35. The third-order valence-corrected chi connectivity index (χ3v) is 7.11. The highest BCUT2D eigenvalue weighted by Crippen LogP contribution is 2.28. The number of hydrogen-bond donors (Lipinski definition) is 0. The second kappa shape index (κ2) is 10.3. The van der Waals surface area contributed by atoms with Crippen LogP contribution in [0.3, 0.4) is 0 Å². The summed E-state index contributed by atoms with van der Waals surface area (Å²) in [5.74, 6) is 1.47. The molecule has 8 heteroatoms. The van der Waals surface area contributed by atoms with Crippen LogP contribution >= 0.6 is 0 Å². The van der Waals surface area contributed by atoms with Crippen molar-refractivity contribution in [3.63, 3.8) is 0 Å². The number of amides is 2. The molecule has 30 heavy (non-hydrogen) atoms. The van der Waals surface area contributed by atoms with Crippen LogP contribution in [0.25, 0.3) is 0 Å². The van der Waals surface area contributed by atoms with Gasteiger partial charge >= 0.3 is 0 Å². The van der Waals surface area contributed by atoms with Crippen molar-refractivity contribution in [2.45, 2.75) is 49.8 Å². The van der Waals surface area contributed by atoms with E-state index >= 15 is 0 Å². The van der Waals surface area contributed by atoms with Gasteiger partial charge in [0.25, 0.3) is 0 Å². The van der Waals surface area contributed by atoms with E-state index in [-0.39, 0.29) is 16.7 Å². The Bertz CT molecular complexity index is 824. The maximum Gasteiger partial charge on any atom is 0.222 e. The highest BCUT2D eigenvalue weighted by molar-refractivity contribution is 7.90. The molecule has 1 aliphatic heterocycles. The zero-order chi connectivity index (χ0) is 21.6. The average Bonchev–Trinajstić information content (AvgIpc) is 3.24. The van der Waals surface area contributed by atoms with Gasteiger partial charge in [-0.25, -0.2) is 8.42 Å². The van der Waals surface area contributed by atoms with E-state index in [9.17, 15) is 18.0 Å². The Kier molecular flexibility index (Phi) is 7.75. The number of nitrogens with zero attached hydrogens (tertiary/aromatic N) is 2. The number of hydrogen-bond acceptors (Lipinski definition) is 5. The normalized spacial score (nSPS) is 17.9. The highest BCUT2D eigenvalue weighted by Gasteiger charge is 2.26. The van der Waals surface area contributed by atoms with Crippen molar-refractivity contribution in [2.75, 3.05) is 39.0 Å². The molecule has 166 valence electrons. The molecule has 3 rings (SSSR count). The maximum absolute atomic E-state index is 12.4. The number of ether oxygens (including phenoxy) is 1. The summed E-state index contributed by atoms with van der Waals surface area (Å²) in [7, 11) is -3.21. The predicted molar refractivity (Wildman–Crippen MR) is 114 cm³/mol. The summed E-state index contributed by atoms with van der Waals surface area (Å²) in [5.41, 5.74) is 0. The standard InChI is InChI=1S/C22H32N2O5S/c1-30(27,28)20-10-8-19(9-11-20)29-16-4-7-21(25)23-12-14-24(15-13-23)22(26)17-18-5-2-3-6-18/h8-11,18H,2-7,12-17H2,1H3. The molecule has 0 spiro atoms. The van der Waals surface area contributed by atoms with Crippen molar-refractivity contribution in [1.82, 2.24) is 9.80 Å². The van der Waals surface area contributed by atoms with E-state index in [2.05, 4.69) is 0 Å². The summed E-state index contributed by atoms with van der Waals surface area (Å²) in [6.07, 6.45) is 7.66. The molecule has 2 fully saturated rings. The Morgan fingerprint density at radius 1 is 0.967 bits per heavy atom. The van der Waals surface area contributed by atoms with Crippen LogP contribution in [0.1, 0.15) is 44.9 Å².